The Hall–Kier alpha value is -2.65. The van der Waals surface area contributed by atoms with Gasteiger partial charge in [-0.1, -0.05) is 56.4 Å². The van der Waals surface area contributed by atoms with Crippen LogP contribution < -0.4 is 0 Å². The number of pyridine rings is 1. The molecule has 0 aliphatic carbocycles. The molecular formula is C25H23NOS. The normalized spacial score (nSPS) is 12.4. The maximum absolute atomic E-state index is 6.20. The third-order valence-corrected chi connectivity index (χ3v) is 6.23. The number of fused-ring (bicyclic) bond motifs is 4. The van der Waals surface area contributed by atoms with Crippen molar-refractivity contribution in [2.24, 2.45) is 5.41 Å². The molecule has 0 amide bonds. The van der Waals surface area contributed by atoms with E-state index in [0.29, 0.717) is 0 Å². The first kappa shape index (κ1) is 17.4. The molecular weight excluding hydrogens is 362 g/mol. The van der Waals surface area contributed by atoms with Gasteiger partial charge in [-0.3, -0.25) is 4.98 Å². The largest absolute Gasteiger partial charge is 0.450 e. The number of aryl methyl sites for hydroxylation is 1. The van der Waals surface area contributed by atoms with Crippen molar-refractivity contribution >= 4 is 42.5 Å². The van der Waals surface area contributed by atoms with Crippen LogP contribution in [0.2, 0.25) is 0 Å². The summed E-state index contributed by atoms with van der Waals surface area (Å²) in [6.07, 6.45) is 2.84. The first-order valence-corrected chi connectivity index (χ1v) is 10.5. The van der Waals surface area contributed by atoms with E-state index in [1.54, 1.807) is 11.3 Å². The van der Waals surface area contributed by atoms with Crippen LogP contribution in [0.3, 0.4) is 0 Å². The van der Waals surface area contributed by atoms with Gasteiger partial charge in [0.2, 0.25) is 0 Å². The van der Waals surface area contributed by atoms with Crippen LogP contribution in [0.5, 0.6) is 0 Å². The summed E-state index contributed by atoms with van der Waals surface area (Å²) in [5.41, 5.74) is 3.69. The number of hydrogen-bond acceptors (Lipinski definition) is 3. The Labute approximate surface area is 168 Å². The molecule has 0 bridgehead atoms. The Morgan fingerprint density at radius 1 is 1.00 bits per heavy atom. The molecule has 3 heterocycles. The van der Waals surface area contributed by atoms with Crippen molar-refractivity contribution in [2.75, 3.05) is 0 Å². The fourth-order valence-corrected chi connectivity index (χ4v) is 5.09. The van der Waals surface area contributed by atoms with Crippen molar-refractivity contribution in [1.82, 2.24) is 4.98 Å². The molecule has 0 aliphatic rings. The molecule has 0 N–H and O–H groups in total. The lowest BCUT2D eigenvalue weighted by Crippen LogP contribution is -2.08. The van der Waals surface area contributed by atoms with E-state index in [4.69, 9.17) is 9.40 Å². The van der Waals surface area contributed by atoms with Crippen molar-refractivity contribution in [3.05, 3.63) is 66.1 Å². The summed E-state index contributed by atoms with van der Waals surface area (Å²) in [6, 6.07) is 17.4. The molecule has 3 heteroatoms. The molecule has 28 heavy (non-hydrogen) atoms. The lowest BCUT2D eigenvalue weighted by atomic mass is 9.91. The predicted octanol–water partition coefficient (Wildman–Crippen LogP) is 7.76. The molecule has 0 saturated heterocycles. The minimum Gasteiger partial charge on any atom is -0.450 e. The van der Waals surface area contributed by atoms with Crippen molar-refractivity contribution in [1.29, 1.82) is 0 Å². The second-order valence-electron chi connectivity index (χ2n) is 8.80. The topological polar surface area (TPSA) is 26.0 Å². The number of benzene rings is 2. The second kappa shape index (κ2) is 6.18. The van der Waals surface area contributed by atoms with Crippen molar-refractivity contribution in [2.45, 2.75) is 34.1 Å². The van der Waals surface area contributed by atoms with Crippen LogP contribution in [-0.2, 0) is 6.42 Å². The van der Waals surface area contributed by atoms with E-state index in [2.05, 4.69) is 76.2 Å². The third kappa shape index (κ3) is 2.91. The zero-order chi connectivity index (χ0) is 19.5. The van der Waals surface area contributed by atoms with E-state index in [1.165, 1.54) is 37.4 Å². The fourth-order valence-electron chi connectivity index (χ4n) is 4.03. The number of aromatic nitrogens is 1. The van der Waals surface area contributed by atoms with Crippen LogP contribution in [0.25, 0.3) is 42.4 Å². The maximum Gasteiger partial charge on any atom is 0.189 e. The van der Waals surface area contributed by atoms with Gasteiger partial charge in [0.25, 0.3) is 0 Å². The van der Waals surface area contributed by atoms with E-state index < -0.39 is 0 Å². The zero-order valence-electron chi connectivity index (χ0n) is 16.7. The van der Waals surface area contributed by atoms with E-state index >= 15 is 0 Å². The predicted molar refractivity (Wildman–Crippen MR) is 120 cm³/mol. The molecule has 0 fully saturated rings. The Kier molecular flexibility index (Phi) is 3.85. The van der Waals surface area contributed by atoms with Crippen LogP contribution in [0.4, 0.5) is 0 Å². The highest BCUT2D eigenvalue weighted by molar-refractivity contribution is 7.25. The molecule has 3 aromatic heterocycles. The monoisotopic (exact) mass is 385 g/mol. The molecule has 2 nitrogen and oxygen atoms in total. The minimum atomic E-state index is 0.201. The summed E-state index contributed by atoms with van der Waals surface area (Å²) < 4.78 is 7.43. The Morgan fingerprint density at radius 3 is 2.64 bits per heavy atom. The summed E-state index contributed by atoms with van der Waals surface area (Å²) in [4.78, 5) is 5.80. The van der Waals surface area contributed by atoms with E-state index in [9.17, 15) is 0 Å². The zero-order valence-corrected chi connectivity index (χ0v) is 17.5. The van der Waals surface area contributed by atoms with Crippen molar-refractivity contribution in [3.63, 3.8) is 0 Å². The Morgan fingerprint density at radius 2 is 1.82 bits per heavy atom. The number of rotatable bonds is 2. The first-order chi connectivity index (χ1) is 13.4. The molecule has 2 aromatic carbocycles. The summed E-state index contributed by atoms with van der Waals surface area (Å²) >= 11 is 1.72. The second-order valence-corrected chi connectivity index (χ2v) is 9.82. The fraction of sp³-hybridized carbons (Fsp3) is 0.240. The minimum absolute atomic E-state index is 0.201. The first-order valence-electron chi connectivity index (χ1n) is 9.69. The number of nitrogens with zero attached hydrogens (tertiary/aromatic N) is 1. The maximum atomic E-state index is 6.20. The molecule has 0 unspecified atom stereocenters. The number of thiophene rings is 1. The van der Waals surface area contributed by atoms with Gasteiger partial charge in [0.1, 0.15) is 5.76 Å². The van der Waals surface area contributed by atoms with Gasteiger partial charge in [-0.05, 0) is 52.9 Å². The van der Waals surface area contributed by atoms with Gasteiger partial charge < -0.3 is 4.42 Å². The van der Waals surface area contributed by atoms with Crippen molar-refractivity contribution < 1.29 is 4.42 Å². The quantitative estimate of drug-likeness (QED) is 0.310. The van der Waals surface area contributed by atoms with Crippen LogP contribution in [-0.4, -0.2) is 4.98 Å². The smallest absolute Gasteiger partial charge is 0.189 e. The molecule has 0 spiro atoms. The molecule has 0 atom stereocenters. The van der Waals surface area contributed by atoms with Crippen LogP contribution in [0.1, 0.15) is 32.1 Å². The van der Waals surface area contributed by atoms with E-state index in [1.807, 2.05) is 6.20 Å². The highest BCUT2D eigenvalue weighted by atomic mass is 32.1. The van der Waals surface area contributed by atoms with Gasteiger partial charge in [-0.15, -0.1) is 0 Å². The highest BCUT2D eigenvalue weighted by Gasteiger charge is 2.19. The van der Waals surface area contributed by atoms with Gasteiger partial charge in [0.15, 0.2) is 4.90 Å². The summed E-state index contributed by atoms with van der Waals surface area (Å²) in [5, 5.41) is 4.95. The van der Waals surface area contributed by atoms with Gasteiger partial charge in [0.05, 0.1) is 5.69 Å². The summed E-state index contributed by atoms with van der Waals surface area (Å²) in [6.45, 7) is 8.90. The van der Waals surface area contributed by atoms with Gasteiger partial charge in [-0.2, -0.15) is 0 Å². The highest BCUT2D eigenvalue weighted by Crippen LogP contribution is 2.42. The lowest BCUT2D eigenvalue weighted by molar-refractivity contribution is 0.371. The van der Waals surface area contributed by atoms with Crippen LogP contribution in [0.15, 0.2) is 59.1 Å². The van der Waals surface area contributed by atoms with Crippen LogP contribution in [0, 0.1) is 12.3 Å². The standard InChI is InChI=1S/C25H23NOS/c1-15-11-17(12-16-7-5-6-8-19(15)16)23-22-20-13-18(14-25(2,3)4)27-24(20)28-21(22)9-10-26-23/h5-13H,14H2,1-4H3. The molecule has 5 aromatic rings. The third-order valence-electron chi connectivity index (χ3n) is 5.18. The van der Waals surface area contributed by atoms with Gasteiger partial charge in [-0.25, -0.2) is 0 Å². The van der Waals surface area contributed by atoms with Gasteiger partial charge >= 0.3 is 0 Å². The molecule has 0 aliphatic heterocycles. The lowest BCUT2D eigenvalue weighted by Gasteiger charge is -2.15. The number of hydrogen-bond donors (Lipinski definition) is 0. The molecule has 5 rings (SSSR count). The van der Waals surface area contributed by atoms with E-state index in [0.717, 1.165) is 22.8 Å². The molecule has 0 radical (unpaired) electrons. The average Bonchev–Trinajstić information content (AvgIpc) is 3.16. The van der Waals surface area contributed by atoms with Gasteiger partial charge in [0, 0.05) is 33.7 Å². The SMILES string of the molecule is Cc1cc(-c2nccc3sc4oc(CC(C)(C)C)cc4c23)cc2ccccc12. The molecule has 140 valence electrons. The molecule has 0 saturated carbocycles. The average molecular weight is 386 g/mol. The van der Waals surface area contributed by atoms with Crippen molar-refractivity contribution in [3.8, 4) is 11.3 Å². The summed E-state index contributed by atoms with van der Waals surface area (Å²) in [5.74, 6) is 1.06. The van der Waals surface area contributed by atoms with E-state index in [-0.39, 0.29) is 5.41 Å². The Balaban J connectivity index is 1.75. The van der Waals surface area contributed by atoms with Crippen LogP contribution >= 0.6 is 11.3 Å². The number of furan rings is 1. The summed E-state index contributed by atoms with van der Waals surface area (Å²) in [7, 11) is 0. The Bertz CT molecular complexity index is 1330.